The average molecular weight is 445 g/mol. The molecule has 2 N–H and O–H groups in total. The minimum absolute atomic E-state index is 0.0131. The SMILES string of the molecule is COCC1OC(n2cc(C(=O)NCc3ccc(F)cc3)c(=O)[nH]c2=O)C(C)C1C1CCC1. The fourth-order valence-corrected chi connectivity index (χ4v) is 4.83. The van der Waals surface area contributed by atoms with Gasteiger partial charge in [-0.15, -0.1) is 0 Å². The molecule has 1 aromatic carbocycles. The summed E-state index contributed by atoms with van der Waals surface area (Å²) in [6.07, 6.45) is 3.96. The maximum Gasteiger partial charge on any atom is 0.330 e. The van der Waals surface area contributed by atoms with Crippen LogP contribution in [-0.2, 0) is 16.0 Å². The molecule has 32 heavy (non-hydrogen) atoms. The third-order valence-corrected chi connectivity index (χ3v) is 6.68. The number of nitrogens with one attached hydrogen (secondary N) is 2. The van der Waals surface area contributed by atoms with E-state index in [1.165, 1.54) is 29.3 Å². The number of benzene rings is 1. The van der Waals surface area contributed by atoms with Crippen LogP contribution in [-0.4, -0.2) is 35.3 Å². The van der Waals surface area contributed by atoms with Crippen LogP contribution in [0, 0.1) is 23.6 Å². The molecule has 1 aromatic heterocycles. The second kappa shape index (κ2) is 9.38. The number of hydrogen-bond acceptors (Lipinski definition) is 5. The summed E-state index contributed by atoms with van der Waals surface area (Å²) in [5, 5.41) is 2.64. The topological polar surface area (TPSA) is 102 Å². The Morgan fingerprint density at radius 3 is 2.62 bits per heavy atom. The van der Waals surface area contributed by atoms with Crippen molar-refractivity contribution in [2.24, 2.45) is 17.8 Å². The van der Waals surface area contributed by atoms with Gasteiger partial charge in [-0.3, -0.25) is 19.1 Å². The van der Waals surface area contributed by atoms with Crippen molar-refractivity contribution in [2.45, 2.75) is 45.1 Å². The van der Waals surface area contributed by atoms with E-state index in [-0.39, 0.29) is 35.9 Å². The highest BCUT2D eigenvalue weighted by molar-refractivity contribution is 5.93. The molecule has 2 aliphatic rings. The smallest absolute Gasteiger partial charge is 0.330 e. The molecule has 4 unspecified atom stereocenters. The second-order valence-electron chi connectivity index (χ2n) is 8.67. The Morgan fingerprint density at radius 2 is 2.00 bits per heavy atom. The summed E-state index contributed by atoms with van der Waals surface area (Å²) in [6, 6.07) is 5.68. The number of aromatic amines is 1. The van der Waals surface area contributed by atoms with Crippen molar-refractivity contribution in [3.05, 3.63) is 68.2 Å². The van der Waals surface area contributed by atoms with Crippen molar-refractivity contribution >= 4 is 5.91 Å². The molecule has 0 radical (unpaired) electrons. The summed E-state index contributed by atoms with van der Waals surface area (Å²) in [7, 11) is 1.62. The number of rotatable bonds is 7. The van der Waals surface area contributed by atoms with E-state index in [0.29, 0.717) is 18.1 Å². The zero-order valence-corrected chi connectivity index (χ0v) is 18.2. The van der Waals surface area contributed by atoms with E-state index in [9.17, 15) is 18.8 Å². The Hall–Kier alpha value is -2.78. The predicted molar refractivity (Wildman–Crippen MR) is 115 cm³/mol. The highest BCUT2D eigenvalue weighted by Crippen LogP contribution is 2.48. The first kappa shape index (κ1) is 22.4. The van der Waals surface area contributed by atoms with Gasteiger partial charge in [0.05, 0.1) is 12.7 Å². The van der Waals surface area contributed by atoms with E-state index in [0.717, 1.165) is 12.8 Å². The zero-order chi connectivity index (χ0) is 22.8. The van der Waals surface area contributed by atoms with Crippen LogP contribution in [0.2, 0.25) is 0 Å². The van der Waals surface area contributed by atoms with Crippen molar-refractivity contribution < 1.29 is 18.7 Å². The van der Waals surface area contributed by atoms with E-state index < -0.39 is 23.4 Å². The lowest BCUT2D eigenvalue weighted by Gasteiger charge is -2.36. The number of carbonyl (C=O) groups is 1. The molecule has 1 aliphatic heterocycles. The van der Waals surface area contributed by atoms with E-state index in [4.69, 9.17) is 9.47 Å². The normalized spacial score (nSPS) is 25.5. The Labute approximate surface area is 184 Å². The third kappa shape index (κ3) is 4.40. The monoisotopic (exact) mass is 445 g/mol. The first-order chi connectivity index (χ1) is 15.4. The van der Waals surface area contributed by atoms with Crippen molar-refractivity contribution in [3.63, 3.8) is 0 Å². The van der Waals surface area contributed by atoms with Crippen LogP contribution in [0.4, 0.5) is 4.39 Å². The van der Waals surface area contributed by atoms with E-state index >= 15 is 0 Å². The number of carbonyl (C=O) groups excluding carboxylic acids is 1. The van der Waals surface area contributed by atoms with E-state index in [1.807, 2.05) is 6.92 Å². The Balaban J connectivity index is 1.56. The lowest BCUT2D eigenvalue weighted by molar-refractivity contribution is -0.0525. The number of nitrogens with zero attached hydrogens (tertiary/aromatic N) is 1. The number of aromatic nitrogens is 2. The molecular weight excluding hydrogens is 417 g/mol. The molecule has 0 bridgehead atoms. The molecular formula is C23H28FN3O5. The van der Waals surface area contributed by atoms with Crippen LogP contribution in [0.15, 0.2) is 40.1 Å². The van der Waals surface area contributed by atoms with Gasteiger partial charge in [0.1, 0.15) is 17.6 Å². The van der Waals surface area contributed by atoms with Gasteiger partial charge in [0.2, 0.25) is 0 Å². The lowest BCUT2D eigenvalue weighted by atomic mass is 9.69. The van der Waals surface area contributed by atoms with Crippen molar-refractivity contribution in [1.82, 2.24) is 14.9 Å². The van der Waals surface area contributed by atoms with Gasteiger partial charge < -0.3 is 14.8 Å². The van der Waals surface area contributed by atoms with Crippen molar-refractivity contribution in [2.75, 3.05) is 13.7 Å². The van der Waals surface area contributed by atoms with Crippen LogP contribution in [0.3, 0.4) is 0 Å². The van der Waals surface area contributed by atoms with E-state index in [2.05, 4.69) is 10.3 Å². The molecule has 8 nitrogen and oxygen atoms in total. The third-order valence-electron chi connectivity index (χ3n) is 6.68. The molecule has 9 heteroatoms. The Morgan fingerprint density at radius 1 is 1.28 bits per heavy atom. The average Bonchev–Trinajstić information content (AvgIpc) is 3.02. The number of amides is 1. The number of H-pyrrole nitrogens is 1. The van der Waals surface area contributed by atoms with Gasteiger partial charge in [0, 0.05) is 25.8 Å². The highest BCUT2D eigenvalue weighted by Gasteiger charge is 2.48. The first-order valence-corrected chi connectivity index (χ1v) is 10.9. The van der Waals surface area contributed by atoms with Gasteiger partial charge >= 0.3 is 5.69 Å². The fourth-order valence-electron chi connectivity index (χ4n) is 4.83. The number of hydrogen-bond donors (Lipinski definition) is 2. The van der Waals surface area contributed by atoms with Gasteiger partial charge in [-0.1, -0.05) is 38.3 Å². The van der Waals surface area contributed by atoms with Gasteiger partial charge in [0.25, 0.3) is 11.5 Å². The Kier molecular flexibility index (Phi) is 6.57. The maximum absolute atomic E-state index is 13.1. The molecule has 2 heterocycles. The minimum Gasteiger partial charge on any atom is -0.382 e. The fraction of sp³-hybridized carbons (Fsp3) is 0.522. The zero-order valence-electron chi connectivity index (χ0n) is 18.2. The summed E-state index contributed by atoms with van der Waals surface area (Å²) in [5.41, 5.74) is -0.884. The standard InChI is InChI=1S/C23H28FN3O5/c1-13-19(15-4-3-5-15)18(12-31-2)32-22(13)27-11-17(21(29)26-23(27)30)20(28)25-10-14-6-8-16(24)9-7-14/h6-9,11,13,15,18-19,22H,3-5,10,12H2,1-2H3,(H,25,28)(H,26,29,30). The second-order valence-corrected chi connectivity index (χ2v) is 8.67. The van der Waals surface area contributed by atoms with Gasteiger partial charge in [0.15, 0.2) is 0 Å². The quantitative estimate of drug-likeness (QED) is 0.680. The lowest BCUT2D eigenvalue weighted by Crippen LogP contribution is -2.39. The molecule has 4 rings (SSSR count). The summed E-state index contributed by atoms with van der Waals surface area (Å²) >= 11 is 0. The number of halogens is 1. The van der Waals surface area contributed by atoms with Crippen LogP contribution in [0.25, 0.3) is 0 Å². The van der Waals surface area contributed by atoms with Gasteiger partial charge in [-0.2, -0.15) is 0 Å². The van der Waals surface area contributed by atoms with Crippen molar-refractivity contribution in [3.8, 4) is 0 Å². The van der Waals surface area contributed by atoms with Crippen LogP contribution in [0.1, 0.15) is 48.3 Å². The molecule has 172 valence electrons. The molecule has 1 saturated heterocycles. The summed E-state index contributed by atoms with van der Waals surface area (Å²) in [4.78, 5) is 39.9. The molecule has 1 saturated carbocycles. The van der Waals surface area contributed by atoms with Crippen LogP contribution in [0.5, 0.6) is 0 Å². The van der Waals surface area contributed by atoms with Crippen LogP contribution < -0.4 is 16.6 Å². The maximum atomic E-state index is 13.1. The summed E-state index contributed by atoms with van der Waals surface area (Å²) in [5.74, 6) is -0.227. The van der Waals surface area contributed by atoms with Crippen LogP contribution >= 0.6 is 0 Å². The summed E-state index contributed by atoms with van der Waals surface area (Å²) in [6.45, 7) is 2.58. The van der Waals surface area contributed by atoms with Crippen molar-refractivity contribution in [1.29, 1.82) is 0 Å². The highest BCUT2D eigenvalue weighted by atomic mass is 19.1. The van der Waals surface area contributed by atoms with Gasteiger partial charge in [-0.25, -0.2) is 9.18 Å². The number of ether oxygens (including phenoxy) is 2. The number of methoxy groups -OCH3 is 1. The summed E-state index contributed by atoms with van der Waals surface area (Å²) < 4.78 is 25.9. The first-order valence-electron chi connectivity index (χ1n) is 10.9. The molecule has 1 aliphatic carbocycles. The molecule has 1 amide bonds. The Bertz CT molecular complexity index is 1080. The predicted octanol–water partition coefficient (Wildman–Crippen LogP) is 2.20. The molecule has 2 fully saturated rings. The van der Waals surface area contributed by atoms with Gasteiger partial charge in [-0.05, 0) is 29.5 Å². The molecule has 2 aromatic rings. The van der Waals surface area contributed by atoms with E-state index in [1.54, 1.807) is 19.2 Å². The molecule has 0 spiro atoms. The molecule has 4 atom stereocenters. The minimum atomic E-state index is -0.766. The largest absolute Gasteiger partial charge is 0.382 e.